The SMILES string of the molecule is CCc1nc(Cn2cnc3c2CCCC3)no1. The Bertz CT molecular complexity index is 514. The van der Waals surface area contributed by atoms with Gasteiger partial charge in [-0.15, -0.1) is 0 Å². The molecule has 90 valence electrons. The monoisotopic (exact) mass is 232 g/mol. The van der Waals surface area contributed by atoms with Gasteiger partial charge < -0.3 is 9.09 Å². The molecule has 0 radical (unpaired) electrons. The Balaban J connectivity index is 1.82. The van der Waals surface area contributed by atoms with Gasteiger partial charge in [-0.3, -0.25) is 0 Å². The summed E-state index contributed by atoms with van der Waals surface area (Å²) in [7, 11) is 0. The summed E-state index contributed by atoms with van der Waals surface area (Å²) in [5.41, 5.74) is 2.59. The van der Waals surface area contributed by atoms with Crippen LogP contribution in [-0.4, -0.2) is 19.7 Å². The molecule has 1 aliphatic carbocycles. The van der Waals surface area contributed by atoms with Gasteiger partial charge in [-0.25, -0.2) is 4.98 Å². The molecule has 0 N–H and O–H groups in total. The van der Waals surface area contributed by atoms with Crippen LogP contribution in [0.25, 0.3) is 0 Å². The van der Waals surface area contributed by atoms with Gasteiger partial charge in [-0.2, -0.15) is 4.98 Å². The molecule has 0 saturated heterocycles. The third kappa shape index (κ3) is 1.97. The number of aryl methyl sites for hydroxylation is 2. The maximum absolute atomic E-state index is 5.11. The van der Waals surface area contributed by atoms with Crippen LogP contribution in [0.15, 0.2) is 10.9 Å². The topological polar surface area (TPSA) is 56.7 Å². The zero-order valence-electron chi connectivity index (χ0n) is 10.0. The van der Waals surface area contributed by atoms with Gasteiger partial charge in [-0.1, -0.05) is 12.1 Å². The standard InChI is InChI=1S/C12H16N4O/c1-2-12-14-11(15-17-12)7-16-8-13-9-5-3-4-6-10(9)16/h8H,2-7H2,1H3. The van der Waals surface area contributed by atoms with E-state index in [0.717, 1.165) is 25.1 Å². The van der Waals surface area contributed by atoms with Crippen molar-refractivity contribution in [3.8, 4) is 0 Å². The Morgan fingerprint density at radius 3 is 3.06 bits per heavy atom. The minimum absolute atomic E-state index is 0.672. The summed E-state index contributed by atoms with van der Waals surface area (Å²) in [6, 6.07) is 0. The molecule has 5 nitrogen and oxygen atoms in total. The summed E-state index contributed by atoms with van der Waals surface area (Å²) < 4.78 is 7.26. The van der Waals surface area contributed by atoms with Crippen LogP contribution in [0.3, 0.4) is 0 Å². The fourth-order valence-corrected chi connectivity index (χ4v) is 2.32. The van der Waals surface area contributed by atoms with Crippen molar-refractivity contribution in [2.75, 3.05) is 0 Å². The first-order chi connectivity index (χ1) is 8.36. The molecule has 2 aromatic rings. The highest BCUT2D eigenvalue weighted by molar-refractivity contribution is 5.17. The molecule has 0 fully saturated rings. The average Bonchev–Trinajstić information content (AvgIpc) is 2.97. The summed E-state index contributed by atoms with van der Waals surface area (Å²) in [6.07, 6.45) is 7.42. The quantitative estimate of drug-likeness (QED) is 0.809. The van der Waals surface area contributed by atoms with Crippen LogP contribution >= 0.6 is 0 Å². The summed E-state index contributed by atoms with van der Waals surface area (Å²) in [5, 5.41) is 3.98. The second-order valence-electron chi connectivity index (χ2n) is 4.43. The predicted molar refractivity (Wildman–Crippen MR) is 61.6 cm³/mol. The number of hydrogen-bond donors (Lipinski definition) is 0. The Morgan fingerprint density at radius 1 is 1.35 bits per heavy atom. The highest BCUT2D eigenvalue weighted by atomic mass is 16.5. The first kappa shape index (κ1) is 10.5. The van der Waals surface area contributed by atoms with Gasteiger partial charge in [0.05, 0.1) is 18.6 Å². The average molecular weight is 232 g/mol. The van der Waals surface area contributed by atoms with Crippen molar-refractivity contribution in [3.05, 3.63) is 29.4 Å². The molecule has 2 heterocycles. The van der Waals surface area contributed by atoms with E-state index in [4.69, 9.17) is 4.52 Å². The Hall–Kier alpha value is -1.65. The Kier molecular flexibility index (Phi) is 2.66. The first-order valence-corrected chi connectivity index (χ1v) is 6.21. The van der Waals surface area contributed by atoms with Crippen LogP contribution in [0.4, 0.5) is 0 Å². The van der Waals surface area contributed by atoms with Crippen molar-refractivity contribution < 1.29 is 4.52 Å². The van der Waals surface area contributed by atoms with Gasteiger partial charge in [0, 0.05) is 12.1 Å². The molecule has 0 atom stereocenters. The number of aromatic nitrogens is 4. The lowest BCUT2D eigenvalue weighted by Gasteiger charge is -2.12. The summed E-state index contributed by atoms with van der Waals surface area (Å²) >= 11 is 0. The minimum Gasteiger partial charge on any atom is -0.339 e. The maximum Gasteiger partial charge on any atom is 0.226 e. The molecule has 0 bridgehead atoms. The van der Waals surface area contributed by atoms with E-state index < -0.39 is 0 Å². The van der Waals surface area contributed by atoms with Gasteiger partial charge in [0.25, 0.3) is 0 Å². The molecule has 2 aromatic heterocycles. The number of nitrogens with zero attached hydrogens (tertiary/aromatic N) is 4. The summed E-state index contributed by atoms with van der Waals surface area (Å²) in [5.74, 6) is 1.45. The van der Waals surface area contributed by atoms with Gasteiger partial charge in [0.1, 0.15) is 0 Å². The van der Waals surface area contributed by atoms with Crippen molar-refractivity contribution >= 4 is 0 Å². The molecule has 0 aliphatic heterocycles. The molecule has 17 heavy (non-hydrogen) atoms. The van der Waals surface area contributed by atoms with Gasteiger partial charge in [0.2, 0.25) is 5.89 Å². The lowest BCUT2D eigenvalue weighted by atomic mass is 10.0. The van der Waals surface area contributed by atoms with E-state index in [0.29, 0.717) is 12.4 Å². The number of rotatable bonds is 3. The van der Waals surface area contributed by atoms with Crippen LogP contribution in [0.5, 0.6) is 0 Å². The zero-order valence-corrected chi connectivity index (χ0v) is 10.0. The molecule has 1 aliphatic rings. The molecule has 0 amide bonds. The highest BCUT2D eigenvalue weighted by Crippen LogP contribution is 2.20. The van der Waals surface area contributed by atoms with Crippen LogP contribution in [-0.2, 0) is 25.8 Å². The summed E-state index contributed by atoms with van der Waals surface area (Å²) in [6.45, 7) is 2.68. The molecule has 0 aromatic carbocycles. The van der Waals surface area contributed by atoms with Crippen molar-refractivity contribution in [1.82, 2.24) is 19.7 Å². The fraction of sp³-hybridized carbons (Fsp3) is 0.583. The Labute approximate surface area is 99.9 Å². The number of hydrogen-bond acceptors (Lipinski definition) is 4. The number of fused-ring (bicyclic) bond motifs is 1. The van der Waals surface area contributed by atoms with Gasteiger partial charge in [0.15, 0.2) is 5.82 Å². The van der Waals surface area contributed by atoms with Crippen molar-refractivity contribution in [2.24, 2.45) is 0 Å². The van der Waals surface area contributed by atoms with E-state index in [1.807, 2.05) is 13.3 Å². The first-order valence-electron chi connectivity index (χ1n) is 6.21. The summed E-state index contributed by atoms with van der Waals surface area (Å²) in [4.78, 5) is 8.78. The van der Waals surface area contributed by atoms with Crippen molar-refractivity contribution in [3.63, 3.8) is 0 Å². The second kappa shape index (κ2) is 4.31. The van der Waals surface area contributed by atoms with Crippen LogP contribution < -0.4 is 0 Å². The van der Waals surface area contributed by atoms with E-state index in [-0.39, 0.29) is 0 Å². The zero-order chi connectivity index (χ0) is 11.7. The molecule has 3 rings (SSSR count). The normalized spacial score (nSPS) is 14.9. The van der Waals surface area contributed by atoms with Crippen molar-refractivity contribution in [1.29, 1.82) is 0 Å². The fourth-order valence-electron chi connectivity index (χ4n) is 2.32. The van der Waals surface area contributed by atoms with Crippen molar-refractivity contribution in [2.45, 2.75) is 45.6 Å². The molecule has 5 heteroatoms. The largest absolute Gasteiger partial charge is 0.339 e. The highest BCUT2D eigenvalue weighted by Gasteiger charge is 2.16. The molecule has 0 unspecified atom stereocenters. The van der Waals surface area contributed by atoms with E-state index >= 15 is 0 Å². The predicted octanol–water partition coefficient (Wildman–Crippen LogP) is 1.76. The molecule has 0 spiro atoms. The third-order valence-corrected chi connectivity index (χ3v) is 3.23. The van der Waals surface area contributed by atoms with E-state index in [1.54, 1.807) is 0 Å². The Morgan fingerprint density at radius 2 is 2.24 bits per heavy atom. The van der Waals surface area contributed by atoms with E-state index in [2.05, 4.69) is 19.7 Å². The smallest absolute Gasteiger partial charge is 0.226 e. The van der Waals surface area contributed by atoms with E-state index in [9.17, 15) is 0 Å². The van der Waals surface area contributed by atoms with Crippen LogP contribution in [0, 0.1) is 0 Å². The van der Waals surface area contributed by atoms with Crippen LogP contribution in [0.1, 0.15) is 42.9 Å². The van der Waals surface area contributed by atoms with E-state index in [1.165, 1.54) is 24.2 Å². The molecule has 0 saturated carbocycles. The minimum atomic E-state index is 0.672. The van der Waals surface area contributed by atoms with Crippen LogP contribution in [0.2, 0.25) is 0 Å². The molecular weight excluding hydrogens is 216 g/mol. The maximum atomic E-state index is 5.11. The van der Waals surface area contributed by atoms with Gasteiger partial charge >= 0.3 is 0 Å². The lowest BCUT2D eigenvalue weighted by Crippen LogP contribution is -2.09. The second-order valence-corrected chi connectivity index (χ2v) is 4.43. The van der Waals surface area contributed by atoms with Gasteiger partial charge in [-0.05, 0) is 25.7 Å². The molecular formula is C12H16N4O. The lowest BCUT2D eigenvalue weighted by molar-refractivity contribution is 0.375. The number of imidazole rings is 1. The third-order valence-electron chi connectivity index (χ3n) is 3.23.